The number of para-hydroxylation sites is 1. The largest absolute Gasteiger partial charge is 0.505 e. The Hall–Kier alpha value is -2.57. The third kappa shape index (κ3) is 2.29. The van der Waals surface area contributed by atoms with Gasteiger partial charge >= 0.3 is 11.9 Å². The number of benzene rings is 1. The van der Waals surface area contributed by atoms with Crippen molar-refractivity contribution >= 4 is 23.5 Å². The molecule has 2 rings (SSSR count). The highest BCUT2D eigenvalue weighted by Gasteiger charge is 2.36. The lowest BCUT2D eigenvalue weighted by atomic mass is 10.1. The van der Waals surface area contributed by atoms with E-state index in [1.165, 1.54) is 30.2 Å². The molecular formula is C13H13NO6. The SMILES string of the molecule is COC(=O)c1cccc(N2CC(C(=O)O)CC2=O)c1O. The van der Waals surface area contributed by atoms with Crippen molar-refractivity contribution < 1.29 is 29.3 Å². The standard InChI is InChI=1S/C13H13NO6/c1-20-13(19)8-3-2-4-9(11(8)16)14-6-7(12(17)18)5-10(14)15/h2-4,7,16H,5-6H2,1H3,(H,17,18). The zero-order valence-corrected chi connectivity index (χ0v) is 10.7. The second-order valence-electron chi connectivity index (χ2n) is 4.41. The Morgan fingerprint density at radius 3 is 2.65 bits per heavy atom. The van der Waals surface area contributed by atoms with E-state index in [2.05, 4.69) is 4.74 Å². The van der Waals surface area contributed by atoms with E-state index in [-0.39, 0.29) is 24.2 Å². The molecule has 1 fully saturated rings. The van der Waals surface area contributed by atoms with Gasteiger partial charge < -0.3 is 19.8 Å². The zero-order chi connectivity index (χ0) is 14.9. The molecule has 1 heterocycles. The molecule has 0 aromatic heterocycles. The topological polar surface area (TPSA) is 104 Å². The van der Waals surface area contributed by atoms with E-state index in [1.54, 1.807) is 0 Å². The maximum absolute atomic E-state index is 11.8. The predicted octanol–water partition coefficient (Wildman–Crippen LogP) is 0.616. The molecule has 0 bridgehead atoms. The summed E-state index contributed by atoms with van der Waals surface area (Å²) in [5.74, 6) is -3.41. The molecule has 1 aliphatic rings. The summed E-state index contributed by atoms with van der Waals surface area (Å²) in [6.07, 6.45) is -0.128. The number of aliphatic carboxylic acids is 1. The highest BCUT2D eigenvalue weighted by Crippen LogP contribution is 2.35. The Bertz CT molecular complexity index is 582. The van der Waals surface area contributed by atoms with Gasteiger partial charge in [0.05, 0.1) is 18.7 Å². The van der Waals surface area contributed by atoms with E-state index < -0.39 is 29.5 Å². The quantitative estimate of drug-likeness (QED) is 0.786. The Morgan fingerprint density at radius 1 is 1.40 bits per heavy atom. The van der Waals surface area contributed by atoms with Gasteiger partial charge in [0, 0.05) is 13.0 Å². The molecule has 0 saturated carbocycles. The van der Waals surface area contributed by atoms with Crippen LogP contribution in [-0.2, 0) is 14.3 Å². The van der Waals surface area contributed by atoms with E-state index in [0.29, 0.717) is 0 Å². The van der Waals surface area contributed by atoms with Crippen LogP contribution in [0.15, 0.2) is 18.2 Å². The molecule has 1 aliphatic heterocycles. The first-order valence-electron chi connectivity index (χ1n) is 5.89. The molecule has 1 unspecified atom stereocenters. The molecule has 7 nitrogen and oxygen atoms in total. The molecule has 7 heteroatoms. The first-order valence-corrected chi connectivity index (χ1v) is 5.89. The number of phenolic OH excluding ortho intramolecular Hbond substituents is 1. The molecule has 1 aromatic rings. The van der Waals surface area contributed by atoms with Crippen molar-refractivity contribution in [1.82, 2.24) is 0 Å². The maximum atomic E-state index is 11.8. The van der Waals surface area contributed by atoms with Crippen LogP contribution in [0.25, 0.3) is 0 Å². The summed E-state index contributed by atoms with van der Waals surface area (Å²) >= 11 is 0. The van der Waals surface area contributed by atoms with Gasteiger partial charge in [-0.25, -0.2) is 4.79 Å². The highest BCUT2D eigenvalue weighted by molar-refractivity contribution is 6.02. The molecule has 0 radical (unpaired) electrons. The number of phenols is 1. The molecule has 20 heavy (non-hydrogen) atoms. The van der Waals surface area contributed by atoms with Crippen molar-refractivity contribution in [1.29, 1.82) is 0 Å². The molecule has 1 aromatic carbocycles. The normalized spacial score (nSPS) is 18.1. The van der Waals surface area contributed by atoms with Crippen LogP contribution in [0, 0.1) is 5.92 Å². The number of aromatic hydroxyl groups is 1. The lowest BCUT2D eigenvalue weighted by Gasteiger charge is -2.18. The summed E-state index contributed by atoms with van der Waals surface area (Å²) in [5, 5.41) is 19.0. The number of methoxy groups -OCH3 is 1. The van der Waals surface area contributed by atoms with Crippen molar-refractivity contribution in [2.75, 3.05) is 18.6 Å². The Kier molecular flexibility index (Phi) is 3.60. The summed E-state index contributed by atoms with van der Waals surface area (Å²) in [6.45, 7) is -0.0354. The number of nitrogens with zero attached hydrogens (tertiary/aromatic N) is 1. The van der Waals surface area contributed by atoms with Crippen LogP contribution in [0.4, 0.5) is 5.69 Å². The number of hydrogen-bond donors (Lipinski definition) is 2. The maximum Gasteiger partial charge on any atom is 0.341 e. The minimum Gasteiger partial charge on any atom is -0.505 e. The summed E-state index contributed by atoms with van der Waals surface area (Å²) < 4.78 is 4.52. The first kappa shape index (κ1) is 13.9. The molecule has 1 atom stereocenters. The van der Waals surface area contributed by atoms with Gasteiger partial charge in [-0.05, 0) is 12.1 Å². The summed E-state index contributed by atoms with van der Waals surface area (Å²) in [5.41, 5.74) is 0.0400. The lowest BCUT2D eigenvalue weighted by Crippen LogP contribution is -2.26. The number of amides is 1. The van der Waals surface area contributed by atoms with Crippen LogP contribution in [0.3, 0.4) is 0 Å². The van der Waals surface area contributed by atoms with Crippen molar-refractivity contribution in [2.45, 2.75) is 6.42 Å². The van der Waals surface area contributed by atoms with Crippen LogP contribution in [-0.4, -0.2) is 41.7 Å². The number of carboxylic acid groups (broad SMARTS) is 1. The van der Waals surface area contributed by atoms with Gasteiger partial charge in [-0.3, -0.25) is 9.59 Å². The molecule has 2 N–H and O–H groups in total. The molecule has 1 amide bonds. The Morgan fingerprint density at radius 2 is 2.10 bits per heavy atom. The fraction of sp³-hybridized carbons (Fsp3) is 0.308. The van der Waals surface area contributed by atoms with Gasteiger partial charge in [0.1, 0.15) is 5.56 Å². The minimum atomic E-state index is -1.07. The van der Waals surface area contributed by atoms with Gasteiger partial charge in [-0.2, -0.15) is 0 Å². The molecule has 0 spiro atoms. The molecule has 0 aliphatic carbocycles. The van der Waals surface area contributed by atoms with E-state index in [1.807, 2.05) is 0 Å². The number of carbonyl (C=O) groups is 3. The van der Waals surface area contributed by atoms with Gasteiger partial charge in [-0.15, -0.1) is 0 Å². The number of ether oxygens (including phenoxy) is 1. The number of esters is 1. The fourth-order valence-corrected chi connectivity index (χ4v) is 2.13. The van der Waals surface area contributed by atoms with Crippen LogP contribution in [0.1, 0.15) is 16.8 Å². The molecular weight excluding hydrogens is 266 g/mol. The van der Waals surface area contributed by atoms with Crippen molar-refractivity contribution in [3.63, 3.8) is 0 Å². The van der Waals surface area contributed by atoms with Crippen molar-refractivity contribution in [2.24, 2.45) is 5.92 Å². The van der Waals surface area contributed by atoms with Gasteiger partial charge in [0.25, 0.3) is 0 Å². The minimum absolute atomic E-state index is 0.0354. The third-order valence-electron chi connectivity index (χ3n) is 3.19. The van der Waals surface area contributed by atoms with Crippen molar-refractivity contribution in [3.05, 3.63) is 23.8 Å². The van der Waals surface area contributed by atoms with Gasteiger partial charge in [-0.1, -0.05) is 6.07 Å². The second-order valence-corrected chi connectivity index (χ2v) is 4.41. The first-order chi connectivity index (χ1) is 9.45. The third-order valence-corrected chi connectivity index (χ3v) is 3.19. The smallest absolute Gasteiger partial charge is 0.341 e. The Labute approximate surface area is 114 Å². The summed E-state index contributed by atoms with van der Waals surface area (Å²) in [6, 6.07) is 4.30. The second kappa shape index (κ2) is 5.20. The van der Waals surface area contributed by atoms with E-state index in [9.17, 15) is 19.5 Å². The number of hydrogen-bond acceptors (Lipinski definition) is 5. The molecule has 106 valence electrons. The summed E-state index contributed by atoms with van der Waals surface area (Å²) in [7, 11) is 1.18. The van der Waals surface area contributed by atoms with Crippen LogP contribution >= 0.6 is 0 Å². The fourth-order valence-electron chi connectivity index (χ4n) is 2.13. The van der Waals surface area contributed by atoms with Gasteiger partial charge in [0.2, 0.25) is 5.91 Å². The average molecular weight is 279 g/mol. The van der Waals surface area contributed by atoms with E-state index in [4.69, 9.17) is 5.11 Å². The van der Waals surface area contributed by atoms with Crippen molar-refractivity contribution in [3.8, 4) is 5.75 Å². The highest BCUT2D eigenvalue weighted by atomic mass is 16.5. The predicted molar refractivity (Wildman–Crippen MR) is 67.5 cm³/mol. The monoisotopic (exact) mass is 279 g/mol. The van der Waals surface area contributed by atoms with Gasteiger partial charge in [0.15, 0.2) is 5.75 Å². The van der Waals surface area contributed by atoms with E-state index in [0.717, 1.165) is 0 Å². The lowest BCUT2D eigenvalue weighted by molar-refractivity contribution is -0.141. The number of carboxylic acids is 1. The number of carbonyl (C=O) groups excluding carboxylic acids is 2. The van der Waals surface area contributed by atoms with Crippen LogP contribution < -0.4 is 4.90 Å². The van der Waals surface area contributed by atoms with E-state index >= 15 is 0 Å². The average Bonchev–Trinajstić information content (AvgIpc) is 2.80. The molecule has 1 saturated heterocycles. The Balaban J connectivity index is 2.37. The zero-order valence-electron chi connectivity index (χ0n) is 10.7. The summed E-state index contributed by atoms with van der Waals surface area (Å²) in [4.78, 5) is 35.4. The number of anilines is 1. The number of rotatable bonds is 3. The van der Waals surface area contributed by atoms with Crippen LogP contribution in [0.2, 0.25) is 0 Å². The van der Waals surface area contributed by atoms with Crippen LogP contribution in [0.5, 0.6) is 5.75 Å².